The Morgan fingerprint density at radius 1 is 1.19 bits per heavy atom. The van der Waals surface area contributed by atoms with E-state index in [1.165, 1.54) is 7.11 Å². The van der Waals surface area contributed by atoms with E-state index in [0.29, 0.717) is 11.6 Å². The van der Waals surface area contributed by atoms with Crippen molar-refractivity contribution in [2.45, 2.75) is 18.9 Å². The van der Waals surface area contributed by atoms with Gasteiger partial charge in [0.25, 0.3) is 0 Å². The summed E-state index contributed by atoms with van der Waals surface area (Å²) < 4.78 is 12.0. The standard InChI is InChI=1S/C19H20N4O3/c1-25-19(24)14-4-2-13(3-5-14)16-12-20-18-7-6-17(22-23(16)18)21-15-8-10-26-11-9-15/h2-7,12,15H,8-11H2,1H3,(H,21,22). The van der Waals surface area contributed by atoms with E-state index < -0.39 is 0 Å². The number of hydrogen-bond donors (Lipinski definition) is 1. The van der Waals surface area contributed by atoms with Gasteiger partial charge in [-0.05, 0) is 37.1 Å². The van der Waals surface area contributed by atoms with Gasteiger partial charge < -0.3 is 14.8 Å². The molecule has 1 fully saturated rings. The molecule has 7 heteroatoms. The molecule has 0 bridgehead atoms. The Labute approximate surface area is 151 Å². The molecular formula is C19H20N4O3. The first-order valence-corrected chi connectivity index (χ1v) is 8.62. The van der Waals surface area contributed by atoms with Crippen molar-refractivity contribution in [2.24, 2.45) is 0 Å². The van der Waals surface area contributed by atoms with Crippen LogP contribution in [0.1, 0.15) is 23.2 Å². The zero-order valence-corrected chi connectivity index (χ0v) is 14.5. The number of carbonyl (C=O) groups is 1. The fraction of sp³-hybridized carbons (Fsp3) is 0.316. The van der Waals surface area contributed by atoms with Crippen molar-refractivity contribution >= 4 is 17.4 Å². The fourth-order valence-corrected chi connectivity index (χ4v) is 3.09. The number of hydrogen-bond acceptors (Lipinski definition) is 6. The smallest absolute Gasteiger partial charge is 0.337 e. The molecule has 1 aliphatic rings. The first kappa shape index (κ1) is 16.5. The maximum atomic E-state index is 11.6. The summed E-state index contributed by atoms with van der Waals surface area (Å²) in [6, 6.07) is 11.5. The van der Waals surface area contributed by atoms with Crippen molar-refractivity contribution < 1.29 is 14.3 Å². The SMILES string of the molecule is COC(=O)c1ccc(-c2cnc3ccc(NC4CCOCC4)nn23)cc1. The summed E-state index contributed by atoms with van der Waals surface area (Å²) in [7, 11) is 1.37. The molecular weight excluding hydrogens is 332 g/mol. The summed E-state index contributed by atoms with van der Waals surface area (Å²) >= 11 is 0. The minimum Gasteiger partial charge on any atom is -0.465 e. The number of nitrogens with one attached hydrogen (secondary N) is 1. The normalized spacial score (nSPS) is 15.1. The predicted octanol–water partition coefficient (Wildman–Crippen LogP) is 2.77. The third-order valence-electron chi connectivity index (χ3n) is 4.54. The molecule has 3 aromatic rings. The Morgan fingerprint density at radius 3 is 2.69 bits per heavy atom. The van der Waals surface area contributed by atoms with Crippen LogP contribution in [0.25, 0.3) is 16.9 Å². The Morgan fingerprint density at radius 2 is 1.96 bits per heavy atom. The lowest BCUT2D eigenvalue weighted by molar-refractivity contribution is 0.0600. The number of rotatable bonds is 4. The minimum atomic E-state index is -0.351. The number of aromatic nitrogens is 3. The third kappa shape index (κ3) is 3.25. The Bertz CT molecular complexity index is 914. The summed E-state index contributed by atoms with van der Waals surface area (Å²) in [5, 5.41) is 8.16. The molecule has 0 unspecified atom stereocenters. The molecule has 0 saturated carbocycles. The summed E-state index contributed by atoms with van der Waals surface area (Å²) in [4.78, 5) is 16.0. The molecule has 1 N–H and O–H groups in total. The fourth-order valence-electron chi connectivity index (χ4n) is 3.09. The van der Waals surface area contributed by atoms with Crippen molar-refractivity contribution in [1.29, 1.82) is 0 Å². The lowest BCUT2D eigenvalue weighted by atomic mass is 10.1. The molecule has 0 radical (unpaired) electrons. The quantitative estimate of drug-likeness (QED) is 0.728. The Kier molecular flexibility index (Phi) is 4.53. The van der Waals surface area contributed by atoms with Crippen LogP contribution in [-0.4, -0.2) is 46.9 Å². The van der Waals surface area contributed by atoms with Crippen molar-refractivity contribution in [2.75, 3.05) is 25.6 Å². The first-order chi connectivity index (χ1) is 12.7. The average molecular weight is 352 g/mol. The zero-order valence-electron chi connectivity index (χ0n) is 14.5. The highest BCUT2D eigenvalue weighted by Gasteiger charge is 2.15. The predicted molar refractivity (Wildman–Crippen MR) is 97.2 cm³/mol. The van der Waals surface area contributed by atoms with Crippen LogP contribution in [0, 0.1) is 0 Å². The van der Waals surface area contributed by atoms with E-state index in [1.54, 1.807) is 18.3 Å². The second kappa shape index (κ2) is 7.13. The third-order valence-corrected chi connectivity index (χ3v) is 4.54. The topological polar surface area (TPSA) is 77.8 Å². The van der Waals surface area contributed by atoms with E-state index in [2.05, 4.69) is 15.4 Å². The van der Waals surface area contributed by atoms with Crippen LogP contribution in [0.3, 0.4) is 0 Å². The van der Waals surface area contributed by atoms with E-state index >= 15 is 0 Å². The maximum absolute atomic E-state index is 11.6. The molecule has 0 aliphatic carbocycles. The molecule has 26 heavy (non-hydrogen) atoms. The monoisotopic (exact) mass is 352 g/mol. The lowest BCUT2D eigenvalue weighted by Gasteiger charge is -2.23. The highest BCUT2D eigenvalue weighted by Crippen LogP contribution is 2.22. The molecule has 1 aromatic carbocycles. The van der Waals surface area contributed by atoms with Crippen LogP contribution in [0.5, 0.6) is 0 Å². The largest absolute Gasteiger partial charge is 0.465 e. The molecule has 134 valence electrons. The minimum absolute atomic E-state index is 0.351. The molecule has 2 aromatic heterocycles. The number of fused-ring (bicyclic) bond motifs is 1. The number of nitrogens with zero attached hydrogens (tertiary/aromatic N) is 3. The number of benzene rings is 1. The molecule has 1 aliphatic heterocycles. The Hall–Kier alpha value is -2.93. The van der Waals surface area contributed by atoms with Crippen molar-refractivity contribution in [3.63, 3.8) is 0 Å². The maximum Gasteiger partial charge on any atom is 0.337 e. The van der Waals surface area contributed by atoms with Gasteiger partial charge in [-0.25, -0.2) is 14.3 Å². The van der Waals surface area contributed by atoms with E-state index in [9.17, 15) is 4.79 Å². The molecule has 7 nitrogen and oxygen atoms in total. The van der Waals surface area contributed by atoms with Crippen LogP contribution < -0.4 is 5.32 Å². The van der Waals surface area contributed by atoms with Gasteiger partial charge in [0, 0.05) is 24.8 Å². The number of imidazole rings is 1. The molecule has 4 rings (SSSR count). The number of carbonyl (C=O) groups excluding carboxylic acids is 1. The highest BCUT2D eigenvalue weighted by atomic mass is 16.5. The van der Waals surface area contributed by atoms with Gasteiger partial charge in [0.15, 0.2) is 5.65 Å². The van der Waals surface area contributed by atoms with Gasteiger partial charge in [-0.3, -0.25) is 0 Å². The summed E-state index contributed by atoms with van der Waals surface area (Å²) in [6.45, 7) is 1.56. The molecule has 0 atom stereocenters. The van der Waals surface area contributed by atoms with Gasteiger partial charge in [-0.2, -0.15) is 0 Å². The summed E-state index contributed by atoms with van der Waals surface area (Å²) in [5.74, 6) is 0.464. The highest BCUT2D eigenvalue weighted by molar-refractivity contribution is 5.89. The zero-order chi connectivity index (χ0) is 17.9. The molecule has 3 heterocycles. The summed E-state index contributed by atoms with van der Waals surface area (Å²) in [5.41, 5.74) is 3.09. The first-order valence-electron chi connectivity index (χ1n) is 8.62. The van der Waals surface area contributed by atoms with Crippen molar-refractivity contribution in [3.8, 4) is 11.3 Å². The number of esters is 1. The van der Waals surface area contributed by atoms with Crippen LogP contribution in [0.2, 0.25) is 0 Å². The van der Waals surface area contributed by atoms with Crippen LogP contribution >= 0.6 is 0 Å². The second-order valence-corrected chi connectivity index (χ2v) is 6.23. The van der Waals surface area contributed by atoms with Crippen LogP contribution in [-0.2, 0) is 9.47 Å². The van der Waals surface area contributed by atoms with Gasteiger partial charge in [0.05, 0.1) is 24.6 Å². The number of methoxy groups -OCH3 is 1. The Balaban J connectivity index is 1.62. The molecule has 1 saturated heterocycles. The summed E-state index contributed by atoms with van der Waals surface area (Å²) in [6.07, 6.45) is 3.74. The number of ether oxygens (including phenoxy) is 2. The number of anilines is 1. The van der Waals surface area contributed by atoms with Crippen LogP contribution in [0.4, 0.5) is 5.82 Å². The van der Waals surface area contributed by atoms with Gasteiger partial charge in [-0.1, -0.05) is 12.1 Å². The average Bonchev–Trinajstić information content (AvgIpc) is 3.11. The van der Waals surface area contributed by atoms with E-state index in [1.807, 2.05) is 28.8 Å². The molecule has 0 spiro atoms. The van der Waals surface area contributed by atoms with Gasteiger partial charge in [-0.15, -0.1) is 5.10 Å². The van der Waals surface area contributed by atoms with E-state index in [-0.39, 0.29) is 5.97 Å². The van der Waals surface area contributed by atoms with E-state index in [0.717, 1.165) is 48.8 Å². The second-order valence-electron chi connectivity index (χ2n) is 6.23. The van der Waals surface area contributed by atoms with Crippen LogP contribution in [0.15, 0.2) is 42.6 Å². The van der Waals surface area contributed by atoms with Gasteiger partial charge in [0.2, 0.25) is 0 Å². The molecule has 0 amide bonds. The lowest BCUT2D eigenvalue weighted by Crippen LogP contribution is -2.28. The van der Waals surface area contributed by atoms with Crippen molar-refractivity contribution in [1.82, 2.24) is 14.6 Å². The van der Waals surface area contributed by atoms with Gasteiger partial charge in [0.1, 0.15) is 5.82 Å². The van der Waals surface area contributed by atoms with Crippen molar-refractivity contribution in [3.05, 3.63) is 48.2 Å². The van der Waals surface area contributed by atoms with E-state index in [4.69, 9.17) is 9.47 Å². The van der Waals surface area contributed by atoms with Gasteiger partial charge >= 0.3 is 5.97 Å².